The second-order valence-corrected chi connectivity index (χ2v) is 14.9. The summed E-state index contributed by atoms with van der Waals surface area (Å²) < 4.78 is 5.69. The zero-order chi connectivity index (χ0) is 31.7. The van der Waals surface area contributed by atoms with E-state index in [1.165, 1.54) is 3.57 Å². The van der Waals surface area contributed by atoms with Crippen molar-refractivity contribution in [3.63, 3.8) is 0 Å². The second-order valence-electron chi connectivity index (χ2n) is 10.1. The molecule has 0 fully saturated rings. The van der Waals surface area contributed by atoms with Gasteiger partial charge in [-0.3, -0.25) is 0 Å². The lowest BCUT2D eigenvalue weighted by Crippen LogP contribution is -1.93. The highest BCUT2D eigenvalue weighted by atomic mass is 127. The number of H-pyrrole nitrogens is 1. The molecule has 0 radical (unpaired) electrons. The van der Waals surface area contributed by atoms with E-state index in [1.807, 2.05) is 97.1 Å². The van der Waals surface area contributed by atoms with Gasteiger partial charge in [-0.1, -0.05) is 78.3 Å². The molecule has 0 aliphatic rings. The van der Waals surface area contributed by atoms with Gasteiger partial charge in [0.05, 0.1) is 11.0 Å². The van der Waals surface area contributed by atoms with Gasteiger partial charge in [0.25, 0.3) is 0 Å². The van der Waals surface area contributed by atoms with Gasteiger partial charge in [0, 0.05) is 70.9 Å². The number of fused-ring (bicyclic) bond motifs is 6. The molecule has 0 atom stereocenters. The van der Waals surface area contributed by atoms with E-state index in [1.54, 1.807) is 0 Å². The Morgan fingerprint density at radius 1 is 0.467 bits per heavy atom. The van der Waals surface area contributed by atoms with Crippen molar-refractivity contribution < 1.29 is 0 Å². The molecule has 1 N–H and O–H groups in total. The van der Waals surface area contributed by atoms with E-state index in [4.69, 9.17) is 46.4 Å². The number of rotatable bonds is 1. The van der Waals surface area contributed by atoms with Gasteiger partial charge in [-0.2, -0.15) is 0 Å². The molecule has 9 heteroatoms. The Morgan fingerprint density at radius 2 is 0.844 bits per heavy atom. The van der Waals surface area contributed by atoms with E-state index >= 15 is 0 Å². The molecule has 0 spiro atoms. The third kappa shape index (κ3) is 7.51. The van der Waals surface area contributed by atoms with Crippen molar-refractivity contribution in [3.05, 3.63) is 154 Å². The van der Waals surface area contributed by atoms with Gasteiger partial charge < -0.3 is 9.55 Å². The minimum Gasteiger partial charge on any atom is -0.355 e. The Morgan fingerprint density at radius 3 is 1.27 bits per heavy atom. The molecule has 0 saturated carbocycles. The standard InChI is InChI=1S/C18H10BrCl2N.C12H7Cl2N.C6H4BrI/c19-11-1-5-14(6-2-11)22-17-7-3-12(20)9-15(17)16-10-13(21)4-8-18(16)22;13-7-1-3-11-9(5-7)10-6-8(14)2-4-12(10)15-11;7-5-1-3-6(8)4-2-5/h1-10H;1-6,15H;1-4H. The highest BCUT2D eigenvalue weighted by Gasteiger charge is 2.13. The number of benzene rings is 6. The van der Waals surface area contributed by atoms with Crippen molar-refractivity contribution in [3.8, 4) is 5.69 Å². The number of halogens is 7. The zero-order valence-electron chi connectivity index (χ0n) is 23.1. The number of hydrogen-bond acceptors (Lipinski definition) is 0. The van der Waals surface area contributed by atoms with E-state index in [0.29, 0.717) is 0 Å². The fourth-order valence-electron chi connectivity index (χ4n) is 5.11. The highest BCUT2D eigenvalue weighted by molar-refractivity contribution is 14.1. The van der Waals surface area contributed by atoms with Crippen LogP contribution in [0.1, 0.15) is 0 Å². The van der Waals surface area contributed by atoms with Crippen LogP contribution in [0.25, 0.3) is 49.3 Å². The van der Waals surface area contributed by atoms with Crippen molar-refractivity contribution >= 4 is 144 Å². The van der Waals surface area contributed by atoms with E-state index in [-0.39, 0.29) is 0 Å². The smallest absolute Gasteiger partial charge is 0.0542 e. The van der Waals surface area contributed by atoms with Crippen LogP contribution in [0.2, 0.25) is 20.1 Å². The fraction of sp³-hybridized carbons (Fsp3) is 0. The maximum atomic E-state index is 6.19. The summed E-state index contributed by atoms with van der Waals surface area (Å²) in [5, 5.41) is 7.36. The first-order valence-electron chi connectivity index (χ1n) is 13.6. The van der Waals surface area contributed by atoms with E-state index in [2.05, 4.69) is 88.3 Å². The summed E-state index contributed by atoms with van der Waals surface area (Å²) in [6.07, 6.45) is 0. The Bertz CT molecular complexity index is 2160. The number of nitrogens with zero attached hydrogens (tertiary/aromatic N) is 1. The Hall–Kier alpha value is -2.23. The third-order valence-electron chi connectivity index (χ3n) is 7.10. The van der Waals surface area contributed by atoms with Crippen molar-refractivity contribution in [1.82, 2.24) is 9.55 Å². The molecule has 8 aromatic rings. The predicted molar refractivity (Wildman–Crippen MR) is 211 cm³/mol. The maximum Gasteiger partial charge on any atom is 0.0542 e. The summed E-state index contributed by atoms with van der Waals surface area (Å²) in [6.45, 7) is 0. The monoisotopic (exact) mass is 906 g/mol. The van der Waals surface area contributed by atoms with Gasteiger partial charge in [0.15, 0.2) is 0 Å². The molecule has 0 unspecified atom stereocenters. The van der Waals surface area contributed by atoms with E-state index in [9.17, 15) is 0 Å². The predicted octanol–water partition coefficient (Wildman–Crippen LogP) is 14.5. The van der Waals surface area contributed by atoms with Crippen molar-refractivity contribution in [1.29, 1.82) is 0 Å². The quantitative estimate of drug-likeness (QED) is 0.158. The highest BCUT2D eigenvalue weighted by Crippen LogP contribution is 2.35. The normalized spacial score (nSPS) is 11.0. The Kier molecular flexibility index (Phi) is 10.4. The van der Waals surface area contributed by atoms with Crippen LogP contribution in [0, 0.1) is 3.57 Å². The van der Waals surface area contributed by atoms with Crippen LogP contribution in [0.15, 0.2) is 130 Å². The second kappa shape index (κ2) is 14.3. The van der Waals surface area contributed by atoms with Gasteiger partial charge in [-0.15, -0.1) is 0 Å². The first-order chi connectivity index (χ1) is 21.7. The average Bonchev–Trinajstić information content (AvgIpc) is 3.54. The van der Waals surface area contributed by atoms with Gasteiger partial charge in [-0.25, -0.2) is 0 Å². The van der Waals surface area contributed by atoms with Gasteiger partial charge in [-0.05, 0) is 144 Å². The molecular weight excluding hydrogens is 889 g/mol. The van der Waals surface area contributed by atoms with E-state index < -0.39 is 0 Å². The summed E-state index contributed by atoms with van der Waals surface area (Å²) in [5.74, 6) is 0. The van der Waals surface area contributed by atoms with Crippen LogP contribution in [-0.4, -0.2) is 9.55 Å². The number of aromatic amines is 1. The average molecular weight is 910 g/mol. The molecule has 224 valence electrons. The molecule has 0 aliphatic carbocycles. The molecule has 2 aromatic heterocycles. The maximum absolute atomic E-state index is 6.19. The van der Waals surface area contributed by atoms with Crippen molar-refractivity contribution in [2.75, 3.05) is 0 Å². The first-order valence-corrected chi connectivity index (χ1v) is 17.8. The molecule has 0 aliphatic heterocycles. The van der Waals surface area contributed by atoms with Crippen LogP contribution in [0.4, 0.5) is 0 Å². The zero-order valence-corrected chi connectivity index (χ0v) is 31.5. The molecule has 6 aromatic carbocycles. The van der Waals surface area contributed by atoms with Crippen LogP contribution in [0.5, 0.6) is 0 Å². The van der Waals surface area contributed by atoms with Gasteiger partial charge in [0.2, 0.25) is 0 Å². The van der Waals surface area contributed by atoms with E-state index in [0.717, 1.165) is 78.3 Å². The SMILES string of the molecule is Brc1ccc(I)cc1.Clc1ccc2[nH]c3ccc(Cl)cc3c2c1.Clc1ccc2c(c1)c1cc(Cl)ccc1n2-c1ccc(Br)cc1. The van der Waals surface area contributed by atoms with Crippen LogP contribution >= 0.6 is 101 Å². The first kappa shape index (κ1) is 32.7. The largest absolute Gasteiger partial charge is 0.355 e. The topological polar surface area (TPSA) is 20.7 Å². The summed E-state index contributed by atoms with van der Waals surface area (Å²) in [7, 11) is 0. The third-order valence-corrected chi connectivity index (χ3v) is 9.82. The molecule has 0 amide bonds. The minimum atomic E-state index is 0.724. The summed E-state index contributed by atoms with van der Waals surface area (Å²) >= 11 is 33.4. The lowest BCUT2D eigenvalue weighted by Gasteiger charge is -2.08. The summed E-state index contributed by atoms with van der Waals surface area (Å²) in [6, 6.07) is 40.0. The van der Waals surface area contributed by atoms with Crippen molar-refractivity contribution in [2.45, 2.75) is 0 Å². The Balaban J connectivity index is 0.000000134. The lowest BCUT2D eigenvalue weighted by molar-refractivity contribution is 1.18. The summed E-state index contributed by atoms with van der Waals surface area (Å²) in [5.41, 5.74) is 5.49. The minimum absolute atomic E-state index is 0.724. The van der Waals surface area contributed by atoms with Gasteiger partial charge >= 0.3 is 0 Å². The van der Waals surface area contributed by atoms with Gasteiger partial charge in [0.1, 0.15) is 0 Å². The molecule has 0 bridgehead atoms. The molecule has 45 heavy (non-hydrogen) atoms. The van der Waals surface area contributed by atoms with Crippen LogP contribution in [-0.2, 0) is 0 Å². The number of aromatic nitrogens is 2. The molecule has 2 heterocycles. The lowest BCUT2D eigenvalue weighted by atomic mass is 10.1. The molecule has 0 saturated heterocycles. The molecular formula is C36H21Br2Cl4IN2. The molecule has 2 nitrogen and oxygen atoms in total. The summed E-state index contributed by atoms with van der Waals surface area (Å²) in [4.78, 5) is 3.32. The van der Waals surface area contributed by atoms with Crippen LogP contribution in [0.3, 0.4) is 0 Å². The fourth-order valence-corrected chi connectivity index (χ4v) is 6.68. The van der Waals surface area contributed by atoms with Crippen LogP contribution < -0.4 is 0 Å². The molecule has 8 rings (SSSR count). The van der Waals surface area contributed by atoms with Crippen molar-refractivity contribution in [2.24, 2.45) is 0 Å². The Labute approximate surface area is 310 Å². The number of hydrogen-bond donors (Lipinski definition) is 1. The number of nitrogens with one attached hydrogen (secondary N) is 1.